The lowest BCUT2D eigenvalue weighted by Crippen LogP contribution is -2.35. The molecule has 1 aromatic rings. The molecule has 3 nitrogen and oxygen atoms in total. The maximum atomic E-state index is 5.92. The van der Waals surface area contributed by atoms with Crippen molar-refractivity contribution in [2.24, 2.45) is 5.73 Å². The van der Waals surface area contributed by atoms with Crippen LogP contribution in [0.2, 0.25) is 0 Å². The van der Waals surface area contributed by atoms with Crippen molar-refractivity contribution >= 4 is 31.9 Å². The molecule has 0 spiro atoms. The number of rotatable bonds is 6. The van der Waals surface area contributed by atoms with Crippen LogP contribution in [0.15, 0.2) is 27.1 Å². The molecular weight excluding hydrogens is 358 g/mol. The van der Waals surface area contributed by atoms with E-state index in [0.29, 0.717) is 6.54 Å². The molecule has 18 heavy (non-hydrogen) atoms. The minimum absolute atomic E-state index is 0.259. The smallest absolute Gasteiger partial charge is 0.0468 e. The van der Waals surface area contributed by atoms with Crippen LogP contribution in [0.3, 0.4) is 0 Å². The zero-order valence-electron chi connectivity index (χ0n) is 11.2. The van der Waals surface area contributed by atoms with Crippen molar-refractivity contribution in [3.05, 3.63) is 32.7 Å². The molecule has 0 amide bonds. The molecule has 0 bridgehead atoms. The predicted molar refractivity (Wildman–Crippen MR) is 84.8 cm³/mol. The second-order valence-electron chi connectivity index (χ2n) is 4.71. The van der Waals surface area contributed by atoms with Gasteiger partial charge in [0.2, 0.25) is 0 Å². The van der Waals surface area contributed by atoms with Crippen LogP contribution >= 0.6 is 31.9 Å². The minimum Gasteiger partial charge on any atom is -0.329 e. The first kappa shape index (κ1) is 16.1. The molecule has 1 atom stereocenters. The van der Waals surface area contributed by atoms with Crippen molar-refractivity contribution in [2.45, 2.75) is 6.04 Å². The first-order valence-corrected chi connectivity index (χ1v) is 7.54. The van der Waals surface area contributed by atoms with E-state index in [9.17, 15) is 0 Å². The van der Waals surface area contributed by atoms with Gasteiger partial charge in [0.25, 0.3) is 0 Å². The number of hydrogen-bond acceptors (Lipinski definition) is 3. The van der Waals surface area contributed by atoms with Crippen LogP contribution in [0.25, 0.3) is 0 Å². The molecule has 1 aromatic carbocycles. The van der Waals surface area contributed by atoms with E-state index in [1.54, 1.807) is 0 Å². The summed E-state index contributed by atoms with van der Waals surface area (Å²) in [7, 11) is 6.29. The maximum Gasteiger partial charge on any atom is 0.0468 e. The summed E-state index contributed by atoms with van der Waals surface area (Å²) in [6.07, 6.45) is 0. The van der Waals surface area contributed by atoms with Crippen LogP contribution < -0.4 is 5.73 Å². The van der Waals surface area contributed by atoms with Gasteiger partial charge >= 0.3 is 0 Å². The zero-order chi connectivity index (χ0) is 13.7. The highest BCUT2D eigenvalue weighted by atomic mass is 79.9. The fourth-order valence-corrected chi connectivity index (χ4v) is 2.45. The molecule has 1 unspecified atom stereocenters. The molecule has 102 valence electrons. The van der Waals surface area contributed by atoms with Gasteiger partial charge in [-0.2, -0.15) is 0 Å². The third-order valence-corrected chi connectivity index (χ3v) is 4.86. The van der Waals surface area contributed by atoms with Gasteiger partial charge in [-0.05, 0) is 70.7 Å². The quantitative estimate of drug-likeness (QED) is 0.825. The summed E-state index contributed by atoms with van der Waals surface area (Å²) in [4.78, 5) is 4.48. The van der Waals surface area contributed by atoms with Crippen molar-refractivity contribution in [1.29, 1.82) is 0 Å². The van der Waals surface area contributed by atoms with E-state index in [1.165, 1.54) is 5.56 Å². The Morgan fingerprint density at radius 1 is 1.11 bits per heavy atom. The molecule has 0 aromatic heterocycles. The third-order valence-electron chi connectivity index (χ3n) is 2.98. The number of halogens is 2. The van der Waals surface area contributed by atoms with E-state index < -0.39 is 0 Å². The van der Waals surface area contributed by atoms with E-state index in [4.69, 9.17) is 5.73 Å². The van der Waals surface area contributed by atoms with Gasteiger partial charge in [-0.25, -0.2) is 0 Å². The van der Waals surface area contributed by atoms with Gasteiger partial charge in [-0.1, -0.05) is 6.07 Å². The third kappa shape index (κ3) is 4.63. The lowest BCUT2D eigenvalue weighted by Gasteiger charge is -2.28. The molecule has 1 rings (SSSR count). The van der Waals surface area contributed by atoms with Crippen LogP contribution in [-0.2, 0) is 0 Å². The standard InChI is InChI=1S/C13H21Br2N3/c1-17(2)6-7-18(3)13(9-16)10-4-5-11(14)12(15)8-10/h4-5,8,13H,6-7,9,16H2,1-3H3. The second kappa shape index (κ2) is 7.60. The molecule has 0 fully saturated rings. The second-order valence-corrected chi connectivity index (χ2v) is 6.42. The van der Waals surface area contributed by atoms with Crippen LogP contribution in [0.4, 0.5) is 0 Å². The fraction of sp³-hybridized carbons (Fsp3) is 0.538. The Morgan fingerprint density at radius 2 is 1.78 bits per heavy atom. The van der Waals surface area contributed by atoms with Crippen LogP contribution in [0, 0.1) is 0 Å². The number of nitrogens with zero attached hydrogens (tertiary/aromatic N) is 2. The Morgan fingerprint density at radius 3 is 2.28 bits per heavy atom. The number of nitrogens with two attached hydrogens (primary N) is 1. The van der Waals surface area contributed by atoms with E-state index in [0.717, 1.165) is 22.0 Å². The van der Waals surface area contributed by atoms with Gasteiger partial charge in [0, 0.05) is 34.6 Å². The Kier molecular flexibility index (Phi) is 6.81. The fourth-order valence-electron chi connectivity index (χ4n) is 1.80. The van der Waals surface area contributed by atoms with E-state index in [1.807, 2.05) is 0 Å². The highest BCUT2D eigenvalue weighted by Crippen LogP contribution is 2.28. The molecule has 2 N–H and O–H groups in total. The molecule has 0 heterocycles. The van der Waals surface area contributed by atoms with Crippen LogP contribution in [-0.4, -0.2) is 50.6 Å². The monoisotopic (exact) mass is 377 g/mol. The Labute approximate surface area is 127 Å². The van der Waals surface area contributed by atoms with E-state index in [-0.39, 0.29) is 6.04 Å². The molecule has 0 saturated carbocycles. The van der Waals surface area contributed by atoms with Crippen molar-refractivity contribution < 1.29 is 0 Å². The van der Waals surface area contributed by atoms with E-state index in [2.05, 4.69) is 81.0 Å². The topological polar surface area (TPSA) is 32.5 Å². The van der Waals surface area contributed by atoms with Gasteiger partial charge in [-0.3, -0.25) is 4.90 Å². The normalized spacial score (nSPS) is 13.3. The van der Waals surface area contributed by atoms with Crippen molar-refractivity contribution in [3.8, 4) is 0 Å². The van der Waals surface area contributed by atoms with Gasteiger partial charge in [0.05, 0.1) is 0 Å². The van der Waals surface area contributed by atoms with Crippen molar-refractivity contribution in [1.82, 2.24) is 9.80 Å². The molecule has 5 heteroatoms. The number of hydrogen-bond donors (Lipinski definition) is 1. The van der Waals surface area contributed by atoms with Crippen LogP contribution in [0.5, 0.6) is 0 Å². The molecule has 0 aliphatic rings. The summed E-state index contributed by atoms with van der Waals surface area (Å²) in [5, 5.41) is 0. The minimum atomic E-state index is 0.259. The average Bonchev–Trinajstić information content (AvgIpc) is 2.32. The molecule has 0 saturated heterocycles. The van der Waals surface area contributed by atoms with Gasteiger partial charge < -0.3 is 10.6 Å². The first-order chi connectivity index (χ1) is 8.45. The van der Waals surface area contributed by atoms with Gasteiger partial charge in [-0.15, -0.1) is 0 Å². The molecule has 0 aliphatic carbocycles. The highest BCUT2D eigenvalue weighted by molar-refractivity contribution is 9.13. The van der Waals surface area contributed by atoms with Crippen LogP contribution in [0.1, 0.15) is 11.6 Å². The molecule has 0 radical (unpaired) electrons. The highest BCUT2D eigenvalue weighted by Gasteiger charge is 2.16. The number of likely N-dealkylation sites (N-methyl/N-ethyl adjacent to an activating group) is 2. The molecule has 0 aliphatic heterocycles. The van der Waals surface area contributed by atoms with Gasteiger partial charge in [0.15, 0.2) is 0 Å². The van der Waals surface area contributed by atoms with Crippen molar-refractivity contribution in [2.75, 3.05) is 40.8 Å². The lowest BCUT2D eigenvalue weighted by molar-refractivity contribution is 0.222. The molecular formula is C13H21Br2N3. The predicted octanol–water partition coefficient (Wildman–Crippen LogP) is 2.70. The summed E-state index contributed by atoms with van der Waals surface area (Å²) in [5.74, 6) is 0. The largest absolute Gasteiger partial charge is 0.329 e. The SMILES string of the molecule is CN(C)CCN(C)C(CN)c1ccc(Br)c(Br)c1. The van der Waals surface area contributed by atoms with Crippen molar-refractivity contribution in [3.63, 3.8) is 0 Å². The summed E-state index contributed by atoms with van der Waals surface area (Å²) in [6.45, 7) is 2.66. The Hall–Kier alpha value is 0.0600. The lowest BCUT2D eigenvalue weighted by atomic mass is 10.1. The zero-order valence-corrected chi connectivity index (χ0v) is 14.3. The van der Waals surface area contributed by atoms with E-state index >= 15 is 0 Å². The average molecular weight is 379 g/mol. The van der Waals surface area contributed by atoms with Gasteiger partial charge in [0.1, 0.15) is 0 Å². The Bertz CT molecular complexity index is 382. The summed E-state index contributed by atoms with van der Waals surface area (Å²) < 4.78 is 2.14. The first-order valence-electron chi connectivity index (χ1n) is 5.95. The number of benzene rings is 1. The summed E-state index contributed by atoms with van der Waals surface area (Å²) in [5.41, 5.74) is 7.16. The maximum absolute atomic E-state index is 5.92. The summed E-state index contributed by atoms with van der Waals surface area (Å²) >= 11 is 7.03. The Balaban J connectivity index is 2.78. The summed E-state index contributed by atoms with van der Waals surface area (Å²) in [6, 6.07) is 6.57.